The number of nitrogens with zero attached hydrogens (tertiary/aromatic N) is 1. The molecule has 0 aromatic heterocycles. The molecule has 0 bridgehead atoms. The molecular weight excluding hydrogens is 414 g/mol. The maximum atomic E-state index is 13.7. The first-order chi connectivity index (χ1) is 16.1. The van der Waals surface area contributed by atoms with Gasteiger partial charge in [-0.25, -0.2) is 0 Å². The summed E-state index contributed by atoms with van der Waals surface area (Å²) in [7, 11) is 0. The van der Waals surface area contributed by atoms with E-state index in [0.717, 1.165) is 22.3 Å². The zero-order valence-corrected chi connectivity index (χ0v) is 18.2. The molecule has 1 saturated heterocycles. The third kappa shape index (κ3) is 4.24. The van der Waals surface area contributed by atoms with E-state index in [-0.39, 0.29) is 24.1 Å². The molecule has 0 unspecified atom stereocenters. The second kappa shape index (κ2) is 8.90. The van der Waals surface area contributed by atoms with E-state index < -0.39 is 12.0 Å². The van der Waals surface area contributed by atoms with Gasteiger partial charge in [0.2, 0.25) is 17.7 Å². The summed E-state index contributed by atoms with van der Waals surface area (Å²) in [5.41, 5.74) is 4.63. The van der Waals surface area contributed by atoms with Crippen LogP contribution in [0.2, 0.25) is 0 Å². The summed E-state index contributed by atoms with van der Waals surface area (Å²) in [6, 6.07) is 24.9. The molecule has 0 spiro atoms. The Kier molecular flexibility index (Phi) is 5.65. The van der Waals surface area contributed by atoms with Gasteiger partial charge in [-0.2, -0.15) is 0 Å². The van der Waals surface area contributed by atoms with E-state index in [1.807, 2.05) is 72.8 Å². The molecule has 2 atom stereocenters. The SMILES string of the molecule is O=C1C[C@@H](C(=O)N2CCNC(=O)[C@H]2Cc2cccc(-c3ccccc3)c2)c2ccccc2N1. The van der Waals surface area contributed by atoms with Crippen molar-refractivity contribution in [1.82, 2.24) is 10.2 Å². The first-order valence-electron chi connectivity index (χ1n) is 11.2. The molecule has 6 heteroatoms. The van der Waals surface area contributed by atoms with Gasteiger partial charge in [0.05, 0.1) is 5.92 Å². The molecule has 0 aliphatic carbocycles. The van der Waals surface area contributed by atoms with E-state index in [2.05, 4.69) is 16.7 Å². The van der Waals surface area contributed by atoms with Crippen LogP contribution in [0.15, 0.2) is 78.9 Å². The minimum absolute atomic E-state index is 0.0875. The fourth-order valence-electron chi connectivity index (χ4n) is 4.74. The zero-order chi connectivity index (χ0) is 22.8. The highest BCUT2D eigenvalue weighted by Crippen LogP contribution is 2.34. The summed E-state index contributed by atoms with van der Waals surface area (Å²) in [5, 5.41) is 5.74. The lowest BCUT2D eigenvalue weighted by molar-refractivity contribution is -0.145. The molecule has 2 aliphatic rings. The standard InChI is InChI=1S/C27H25N3O3/c31-25-17-22(21-11-4-5-12-23(21)29-25)27(33)30-14-13-28-26(32)24(30)16-18-7-6-10-20(15-18)19-8-2-1-3-9-19/h1-12,15,22,24H,13-14,16-17H2,(H,28,32)(H,29,31)/t22-,24-/m1/s1. The van der Waals surface area contributed by atoms with Crippen LogP contribution in [0, 0.1) is 0 Å². The molecule has 6 nitrogen and oxygen atoms in total. The summed E-state index contributed by atoms with van der Waals surface area (Å²) in [6.07, 6.45) is 0.503. The van der Waals surface area contributed by atoms with E-state index >= 15 is 0 Å². The van der Waals surface area contributed by atoms with Crippen molar-refractivity contribution in [3.8, 4) is 11.1 Å². The molecule has 0 saturated carbocycles. The number of amides is 3. The topological polar surface area (TPSA) is 78.5 Å². The number of hydrogen-bond acceptors (Lipinski definition) is 3. The Labute approximate surface area is 192 Å². The average Bonchev–Trinajstić information content (AvgIpc) is 2.85. The zero-order valence-electron chi connectivity index (χ0n) is 18.2. The lowest BCUT2D eigenvalue weighted by Gasteiger charge is -2.38. The lowest BCUT2D eigenvalue weighted by atomic mass is 9.88. The fraction of sp³-hybridized carbons (Fsp3) is 0.222. The molecule has 2 heterocycles. The number of hydrogen-bond donors (Lipinski definition) is 2. The van der Waals surface area contributed by atoms with Gasteiger partial charge in [-0.3, -0.25) is 14.4 Å². The van der Waals surface area contributed by atoms with Crippen molar-refractivity contribution in [2.75, 3.05) is 18.4 Å². The van der Waals surface area contributed by atoms with Crippen molar-refractivity contribution < 1.29 is 14.4 Å². The van der Waals surface area contributed by atoms with E-state index in [1.54, 1.807) is 4.90 Å². The van der Waals surface area contributed by atoms with Gasteiger partial charge >= 0.3 is 0 Å². The first-order valence-corrected chi connectivity index (χ1v) is 11.2. The molecule has 2 N–H and O–H groups in total. The number of piperazine rings is 1. The lowest BCUT2D eigenvalue weighted by Crippen LogP contribution is -2.59. The molecule has 3 aromatic rings. The van der Waals surface area contributed by atoms with Gasteiger partial charge in [0.1, 0.15) is 6.04 Å². The average molecular weight is 440 g/mol. The molecule has 0 radical (unpaired) electrons. The number of carbonyl (C=O) groups is 3. The van der Waals surface area contributed by atoms with Crippen molar-refractivity contribution in [1.29, 1.82) is 0 Å². The van der Waals surface area contributed by atoms with Crippen LogP contribution in [0.4, 0.5) is 5.69 Å². The highest BCUT2D eigenvalue weighted by Gasteiger charge is 2.39. The van der Waals surface area contributed by atoms with E-state index in [1.165, 1.54) is 0 Å². The van der Waals surface area contributed by atoms with Crippen LogP contribution in [-0.4, -0.2) is 41.8 Å². The summed E-state index contributed by atoms with van der Waals surface area (Å²) in [4.78, 5) is 40.5. The van der Waals surface area contributed by atoms with Crippen molar-refractivity contribution in [3.05, 3.63) is 90.0 Å². The maximum absolute atomic E-state index is 13.7. The molecule has 1 fully saturated rings. The Morgan fingerprint density at radius 1 is 0.909 bits per heavy atom. The monoisotopic (exact) mass is 439 g/mol. The first kappa shape index (κ1) is 20.9. The number of benzene rings is 3. The minimum Gasteiger partial charge on any atom is -0.353 e. The minimum atomic E-state index is -0.616. The van der Waals surface area contributed by atoms with Crippen LogP contribution < -0.4 is 10.6 Å². The van der Waals surface area contributed by atoms with Crippen LogP contribution in [0.1, 0.15) is 23.5 Å². The predicted octanol–water partition coefficient (Wildman–Crippen LogP) is 3.35. The highest BCUT2D eigenvalue weighted by molar-refractivity contribution is 6.02. The fourth-order valence-corrected chi connectivity index (χ4v) is 4.74. The number of fused-ring (bicyclic) bond motifs is 1. The van der Waals surface area contributed by atoms with Gasteiger partial charge in [0.15, 0.2) is 0 Å². The predicted molar refractivity (Wildman–Crippen MR) is 127 cm³/mol. The molecular formula is C27H25N3O3. The van der Waals surface area contributed by atoms with Gasteiger partial charge in [0.25, 0.3) is 0 Å². The summed E-state index contributed by atoms with van der Waals surface area (Å²) in [5.74, 6) is -1.09. The number of para-hydroxylation sites is 1. The molecule has 33 heavy (non-hydrogen) atoms. The van der Waals surface area contributed by atoms with Gasteiger partial charge in [-0.15, -0.1) is 0 Å². The Morgan fingerprint density at radius 3 is 2.52 bits per heavy atom. The van der Waals surface area contributed by atoms with Crippen molar-refractivity contribution in [2.24, 2.45) is 0 Å². The quantitative estimate of drug-likeness (QED) is 0.655. The van der Waals surface area contributed by atoms with Gasteiger partial charge in [0, 0.05) is 31.6 Å². The van der Waals surface area contributed by atoms with E-state index in [9.17, 15) is 14.4 Å². The van der Waals surface area contributed by atoms with Crippen molar-refractivity contribution >= 4 is 23.4 Å². The Balaban J connectivity index is 1.42. The molecule has 3 aromatic carbocycles. The number of nitrogens with one attached hydrogen (secondary N) is 2. The highest BCUT2D eigenvalue weighted by atomic mass is 16.2. The van der Waals surface area contributed by atoms with Gasteiger partial charge in [-0.05, 0) is 28.3 Å². The molecule has 166 valence electrons. The summed E-state index contributed by atoms with van der Waals surface area (Å²) < 4.78 is 0. The number of carbonyl (C=O) groups excluding carboxylic acids is 3. The summed E-state index contributed by atoms with van der Waals surface area (Å²) >= 11 is 0. The number of rotatable bonds is 4. The second-order valence-corrected chi connectivity index (χ2v) is 8.50. The molecule has 5 rings (SSSR count). The van der Waals surface area contributed by atoms with Crippen LogP contribution in [0.3, 0.4) is 0 Å². The van der Waals surface area contributed by atoms with Crippen LogP contribution in [0.25, 0.3) is 11.1 Å². The molecule has 2 aliphatic heterocycles. The Bertz CT molecular complexity index is 1210. The van der Waals surface area contributed by atoms with Crippen LogP contribution in [-0.2, 0) is 20.8 Å². The van der Waals surface area contributed by atoms with Gasteiger partial charge in [-0.1, -0.05) is 72.8 Å². The smallest absolute Gasteiger partial charge is 0.243 e. The van der Waals surface area contributed by atoms with Crippen molar-refractivity contribution in [3.63, 3.8) is 0 Å². The molecule has 3 amide bonds. The van der Waals surface area contributed by atoms with Crippen molar-refractivity contribution in [2.45, 2.75) is 24.8 Å². The third-order valence-corrected chi connectivity index (χ3v) is 6.37. The summed E-state index contributed by atoms with van der Waals surface area (Å²) in [6.45, 7) is 0.833. The maximum Gasteiger partial charge on any atom is 0.243 e. The van der Waals surface area contributed by atoms with E-state index in [0.29, 0.717) is 25.2 Å². The number of anilines is 1. The second-order valence-electron chi connectivity index (χ2n) is 8.50. The Morgan fingerprint density at radius 2 is 1.67 bits per heavy atom. The normalized spacial score (nSPS) is 19.9. The largest absolute Gasteiger partial charge is 0.353 e. The Hall–Kier alpha value is -3.93. The van der Waals surface area contributed by atoms with Crippen LogP contribution >= 0.6 is 0 Å². The van der Waals surface area contributed by atoms with Gasteiger partial charge < -0.3 is 15.5 Å². The van der Waals surface area contributed by atoms with Crippen LogP contribution in [0.5, 0.6) is 0 Å². The van der Waals surface area contributed by atoms with E-state index in [4.69, 9.17) is 0 Å². The third-order valence-electron chi connectivity index (χ3n) is 6.37.